The van der Waals surface area contributed by atoms with Crippen molar-refractivity contribution < 1.29 is 0 Å². The summed E-state index contributed by atoms with van der Waals surface area (Å²) in [6, 6.07) is 0.733. The lowest BCUT2D eigenvalue weighted by molar-refractivity contribution is 0.0626. The lowest BCUT2D eigenvalue weighted by Crippen LogP contribution is -2.53. The fraction of sp³-hybridized carbons (Fsp3) is 1.00. The van der Waals surface area contributed by atoms with Gasteiger partial charge < -0.3 is 5.32 Å². The quantitative estimate of drug-likeness (QED) is 0.773. The molecule has 16 heavy (non-hydrogen) atoms. The molecule has 0 aromatic carbocycles. The summed E-state index contributed by atoms with van der Waals surface area (Å²) in [6.45, 7) is 15.7. The molecule has 2 heterocycles. The maximum atomic E-state index is 3.50. The van der Waals surface area contributed by atoms with E-state index in [2.05, 4.69) is 35.9 Å². The Labute approximate surface area is 100 Å². The molecule has 0 amide bonds. The van der Waals surface area contributed by atoms with Gasteiger partial charge in [0.1, 0.15) is 0 Å². The van der Waals surface area contributed by atoms with E-state index in [1.54, 1.807) is 0 Å². The lowest BCUT2D eigenvalue weighted by Gasteiger charge is -2.42. The molecular weight excluding hydrogens is 198 g/mol. The van der Waals surface area contributed by atoms with Gasteiger partial charge in [0.15, 0.2) is 0 Å². The lowest BCUT2D eigenvalue weighted by atomic mass is 9.89. The molecular formula is C13H27N3. The summed E-state index contributed by atoms with van der Waals surface area (Å²) >= 11 is 0. The second kappa shape index (κ2) is 5.03. The number of rotatable bonds is 3. The normalized spacial score (nSPS) is 38.1. The standard InChI is InChI=1S/C13H27N3/c1-4-16-8-7-15(9-12(16)2)11-13(3)5-6-14-10-13/h12,14H,4-11H2,1-3H3. The van der Waals surface area contributed by atoms with Crippen LogP contribution in [0.1, 0.15) is 27.2 Å². The van der Waals surface area contributed by atoms with Crippen molar-refractivity contribution in [3.8, 4) is 0 Å². The SMILES string of the molecule is CCN1CCN(CC2(C)CCNC2)CC1C. The van der Waals surface area contributed by atoms with E-state index < -0.39 is 0 Å². The van der Waals surface area contributed by atoms with Gasteiger partial charge in [-0.05, 0) is 31.8 Å². The molecule has 0 spiro atoms. The molecule has 2 aliphatic rings. The minimum absolute atomic E-state index is 0.522. The predicted molar refractivity (Wildman–Crippen MR) is 68.7 cm³/mol. The van der Waals surface area contributed by atoms with E-state index in [4.69, 9.17) is 0 Å². The zero-order valence-corrected chi connectivity index (χ0v) is 11.1. The van der Waals surface area contributed by atoms with E-state index in [0.29, 0.717) is 5.41 Å². The number of nitrogens with one attached hydrogen (secondary N) is 1. The number of hydrogen-bond donors (Lipinski definition) is 1. The van der Waals surface area contributed by atoms with Gasteiger partial charge in [0.05, 0.1) is 0 Å². The highest BCUT2D eigenvalue weighted by Crippen LogP contribution is 2.26. The predicted octanol–water partition coefficient (Wildman–Crippen LogP) is 1.01. The molecule has 2 saturated heterocycles. The Bertz CT molecular complexity index is 223. The van der Waals surface area contributed by atoms with Crippen LogP contribution in [-0.4, -0.2) is 61.7 Å². The highest BCUT2D eigenvalue weighted by Gasteiger charge is 2.32. The molecule has 0 aromatic rings. The second-order valence-corrected chi connectivity index (χ2v) is 5.95. The Morgan fingerprint density at radius 3 is 2.75 bits per heavy atom. The van der Waals surface area contributed by atoms with Crippen LogP contribution in [0, 0.1) is 5.41 Å². The van der Waals surface area contributed by atoms with Crippen molar-refractivity contribution in [1.82, 2.24) is 15.1 Å². The molecule has 2 atom stereocenters. The van der Waals surface area contributed by atoms with Crippen molar-refractivity contribution in [1.29, 1.82) is 0 Å². The third kappa shape index (κ3) is 2.76. The van der Waals surface area contributed by atoms with Crippen LogP contribution in [0.25, 0.3) is 0 Å². The third-order valence-corrected chi connectivity index (χ3v) is 4.32. The minimum atomic E-state index is 0.522. The Balaban J connectivity index is 1.83. The van der Waals surface area contributed by atoms with Crippen molar-refractivity contribution in [2.45, 2.75) is 33.2 Å². The fourth-order valence-electron chi connectivity index (χ4n) is 3.23. The van der Waals surface area contributed by atoms with Crippen LogP contribution < -0.4 is 5.32 Å². The van der Waals surface area contributed by atoms with E-state index in [0.717, 1.165) is 6.04 Å². The monoisotopic (exact) mass is 225 g/mol. The summed E-state index contributed by atoms with van der Waals surface area (Å²) in [5, 5.41) is 3.50. The van der Waals surface area contributed by atoms with Gasteiger partial charge in [-0.1, -0.05) is 13.8 Å². The van der Waals surface area contributed by atoms with Crippen LogP contribution in [-0.2, 0) is 0 Å². The Hall–Kier alpha value is -0.120. The van der Waals surface area contributed by atoms with Gasteiger partial charge in [0.2, 0.25) is 0 Å². The molecule has 0 aliphatic carbocycles. The Morgan fingerprint density at radius 2 is 2.19 bits per heavy atom. The molecule has 0 saturated carbocycles. The van der Waals surface area contributed by atoms with Gasteiger partial charge >= 0.3 is 0 Å². The number of likely N-dealkylation sites (N-methyl/N-ethyl adjacent to an activating group) is 1. The fourth-order valence-corrected chi connectivity index (χ4v) is 3.23. The number of hydrogen-bond acceptors (Lipinski definition) is 3. The summed E-state index contributed by atoms with van der Waals surface area (Å²) < 4.78 is 0. The van der Waals surface area contributed by atoms with Crippen molar-refractivity contribution >= 4 is 0 Å². The number of nitrogens with zero attached hydrogens (tertiary/aromatic N) is 2. The Morgan fingerprint density at radius 1 is 1.38 bits per heavy atom. The number of piperazine rings is 1. The highest BCUT2D eigenvalue weighted by molar-refractivity contribution is 4.89. The summed E-state index contributed by atoms with van der Waals surface area (Å²) in [5.41, 5.74) is 0.522. The van der Waals surface area contributed by atoms with Crippen molar-refractivity contribution in [3.63, 3.8) is 0 Å². The first-order chi connectivity index (χ1) is 7.63. The van der Waals surface area contributed by atoms with Crippen LogP contribution >= 0.6 is 0 Å². The van der Waals surface area contributed by atoms with Gasteiger partial charge in [0, 0.05) is 38.8 Å². The smallest absolute Gasteiger partial charge is 0.0195 e. The van der Waals surface area contributed by atoms with Crippen molar-refractivity contribution in [3.05, 3.63) is 0 Å². The first-order valence-electron chi connectivity index (χ1n) is 6.80. The molecule has 0 radical (unpaired) electrons. The molecule has 2 aliphatic heterocycles. The molecule has 2 fully saturated rings. The van der Waals surface area contributed by atoms with E-state index in [9.17, 15) is 0 Å². The summed E-state index contributed by atoms with van der Waals surface area (Å²) in [6.07, 6.45) is 1.34. The Kier molecular flexibility index (Phi) is 3.88. The zero-order chi connectivity index (χ0) is 11.6. The first-order valence-corrected chi connectivity index (χ1v) is 6.80. The van der Waals surface area contributed by atoms with Gasteiger partial charge in [0.25, 0.3) is 0 Å². The molecule has 3 heteroatoms. The van der Waals surface area contributed by atoms with Crippen LogP contribution in [0.4, 0.5) is 0 Å². The molecule has 2 rings (SSSR count). The maximum absolute atomic E-state index is 3.50. The molecule has 0 aromatic heterocycles. The van der Waals surface area contributed by atoms with Crippen LogP contribution in [0.3, 0.4) is 0 Å². The molecule has 1 N–H and O–H groups in total. The summed E-state index contributed by atoms with van der Waals surface area (Å²) in [5.74, 6) is 0. The molecule has 2 unspecified atom stereocenters. The van der Waals surface area contributed by atoms with Crippen LogP contribution in [0.2, 0.25) is 0 Å². The van der Waals surface area contributed by atoms with Crippen molar-refractivity contribution in [2.24, 2.45) is 5.41 Å². The largest absolute Gasteiger partial charge is 0.316 e. The molecule has 0 bridgehead atoms. The average molecular weight is 225 g/mol. The van der Waals surface area contributed by atoms with Crippen LogP contribution in [0.5, 0.6) is 0 Å². The topological polar surface area (TPSA) is 18.5 Å². The van der Waals surface area contributed by atoms with E-state index >= 15 is 0 Å². The van der Waals surface area contributed by atoms with Gasteiger partial charge in [-0.15, -0.1) is 0 Å². The van der Waals surface area contributed by atoms with Gasteiger partial charge in [-0.3, -0.25) is 9.80 Å². The maximum Gasteiger partial charge on any atom is 0.0195 e. The minimum Gasteiger partial charge on any atom is -0.316 e. The summed E-state index contributed by atoms with van der Waals surface area (Å²) in [7, 11) is 0. The van der Waals surface area contributed by atoms with E-state index in [1.165, 1.54) is 52.2 Å². The first kappa shape index (κ1) is 12.3. The van der Waals surface area contributed by atoms with E-state index in [-0.39, 0.29) is 0 Å². The highest BCUT2D eigenvalue weighted by atomic mass is 15.3. The third-order valence-electron chi connectivity index (χ3n) is 4.32. The molecule has 94 valence electrons. The van der Waals surface area contributed by atoms with Crippen LogP contribution in [0.15, 0.2) is 0 Å². The summed E-state index contributed by atoms with van der Waals surface area (Å²) in [4.78, 5) is 5.26. The van der Waals surface area contributed by atoms with E-state index in [1.807, 2.05) is 0 Å². The van der Waals surface area contributed by atoms with Gasteiger partial charge in [-0.2, -0.15) is 0 Å². The zero-order valence-electron chi connectivity index (χ0n) is 11.1. The average Bonchev–Trinajstić information content (AvgIpc) is 2.65. The van der Waals surface area contributed by atoms with Crippen molar-refractivity contribution in [2.75, 3.05) is 45.8 Å². The molecule has 3 nitrogen and oxygen atoms in total. The second-order valence-electron chi connectivity index (χ2n) is 5.95. The van der Waals surface area contributed by atoms with Gasteiger partial charge in [-0.25, -0.2) is 0 Å².